The molecule has 0 radical (unpaired) electrons. The van der Waals surface area contributed by atoms with Gasteiger partial charge in [0.25, 0.3) is 0 Å². The minimum Gasteiger partial charge on any atom is -0.449 e. The third-order valence-corrected chi connectivity index (χ3v) is 2.93. The molecule has 0 N–H and O–H groups in total. The maximum absolute atomic E-state index is 11.4. The molecule has 0 aromatic carbocycles. The highest BCUT2D eigenvalue weighted by atomic mass is 16.5. The summed E-state index contributed by atoms with van der Waals surface area (Å²) < 4.78 is 4.90. The number of allylic oxidation sites excluding steroid dienone is 2. The molecular formula is C12H19NO2. The van der Waals surface area contributed by atoms with Crippen LogP contribution < -0.4 is 0 Å². The van der Waals surface area contributed by atoms with Gasteiger partial charge in [0.2, 0.25) is 0 Å². The van der Waals surface area contributed by atoms with E-state index in [2.05, 4.69) is 26.0 Å². The number of ether oxygens (including phenoxy) is 1. The summed E-state index contributed by atoms with van der Waals surface area (Å²) in [6, 6.07) is 0. The van der Waals surface area contributed by atoms with Gasteiger partial charge < -0.3 is 4.74 Å². The van der Waals surface area contributed by atoms with Crippen molar-refractivity contribution in [1.82, 2.24) is 4.90 Å². The average molecular weight is 209 g/mol. The molecule has 0 fully saturated rings. The minimum atomic E-state index is -0.314. The Morgan fingerprint density at radius 2 is 1.73 bits per heavy atom. The first kappa shape index (κ1) is 11.8. The molecule has 1 aliphatic heterocycles. The number of amides is 1. The van der Waals surface area contributed by atoms with Crippen molar-refractivity contribution >= 4 is 6.09 Å². The molecule has 3 heteroatoms. The largest absolute Gasteiger partial charge is 0.449 e. The first-order valence-electron chi connectivity index (χ1n) is 5.51. The van der Waals surface area contributed by atoms with Crippen LogP contribution >= 0.6 is 0 Å². The molecule has 1 rings (SSSR count). The SMILES string of the molecule is CCOC(=O)N1C=CC(CC)(CC)C=C1. The highest BCUT2D eigenvalue weighted by Gasteiger charge is 2.24. The van der Waals surface area contributed by atoms with Crippen LogP contribution in [0.3, 0.4) is 0 Å². The second-order valence-corrected chi connectivity index (χ2v) is 3.68. The van der Waals surface area contributed by atoms with Gasteiger partial charge in [0.05, 0.1) is 6.61 Å². The maximum atomic E-state index is 11.4. The van der Waals surface area contributed by atoms with E-state index in [0.29, 0.717) is 6.61 Å². The number of hydrogen-bond donors (Lipinski definition) is 0. The highest BCUT2D eigenvalue weighted by molar-refractivity contribution is 5.70. The van der Waals surface area contributed by atoms with Gasteiger partial charge in [-0.25, -0.2) is 4.79 Å². The molecule has 0 saturated heterocycles. The van der Waals surface area contributed by atoms with E-state index in [-0.39, 0.29) is 11.5 Å². The van der Waals surface area contributed by atoms with E-state index in [0.717, 1.165) is 12.8 Å². The van der Waals surface area contributed by atoms with E-state index in [1.54, 1.807) is 19.3 Å². The van der Waals surface area contributed by atoms with Crippen LogP contribution in [0, 0.1) is 5.41 Å². The lowest BCUT2D eigenvalue weighted by atomic mass is 9.81. The average Bonchev–Trinajstić information content (AvgIpc) is 2.29. The summed E-state index contributed by atoms with van der Waals surface area (Å²) in [5.41, 5.74) is 0.114. The third kappa shape index (κ3) is 2.61. The number of hydrogen-bond acceptors (Lipinski definition) is 2. The van der Waals surface area contributed by atoms with Gasteiger partial charge >= 0.3 is 6.09 Å². The van der Waals surface area contributed by atoms with Crippen LogP contribution in [0.2, 0.25) is 0 Å². The quantitative estimate of drug-likeness (QED) is 0.713. The number of rotatable bonds is 3. The lowest BCUT2D eigenvalue weighted by Crippen LogP contribution is -2.26. The Kier molecular flexibility index (Phi) is 3.95. The molecule has 0 unspecified atom stereocenters. The van der Waals surface area contributed by atoms with Crippen molar-refractivity contribution < 1.29 is 9.53 Å². The molecule has 15 heavy (non-hydrogen) atoms. The summed E-state index contributed by atoms with van der Waals surface area (Å²) in [7, 11) is 0. The van der Waals surface area contributed by atoms with Crippen LogP contribution in [-0.2, 0) is 4.74 Å². The summed E-state index contributed by atoms with van der Waals surface area (Å²) in [4.78, 5) is 12.9. The van der Waals surface area contributed by atoms with Crippen molar-refractivity contribution in [3.8, 4) is 0 Å². The van der Waals surface area contributed by atoms with E-state index in [1.807, 2.05) is 0 Å². The van der Waals surface area contributed by atoms with E-state index < -0.39 is 0 Å². The molecular weight excluding hydrogens is 190 g/mol. The summed E-state index contributed by atoms with van der Waals surface area (Å²) in [5, 5.41) is 0. The van der Waals surface area contributed by atoms with Crippen LogP contribution in [-0.4, -0.2) is 17.6 Å². The van der Waals surface area contributed by atoms with Crippen molar-refractivity contribution in [3.63, 3.8) is 0 Å². The molecule has 3 nitrogen and oxygen atoms in total. The van der Waals surface area contributed by atoms with Crippen molar-refractivity contribution in [2.45, 2.75) is 33.6 Å². The Morgan fingerprint density at radius 1 is 1.20 bits per heavy atom. The molecule has 0 aromatic heterocycles. The van der Waals surface area contributed by atoms with Gasteiger partial charge in [0, 0.05) is 17.8 Å². The normalized spacial score (nSPS) is 17.9. The Morgan fingerprint density at radius 3 is 2.13 bits per heavy atom. The summed E-state index contributed by atoms with van der Waals surface area (Å²) in [6.45, 7) is 6.51. The van der Waals surface area contributed by atoms with Gasteiger partial charge in [0.1, 0.15) is 0 Å². The zero-order valence-corrected chi connectivity index (χ0v) is 9.69. The minimum absolute atomic E-state index is 0.114. The topological polar surface area (TPSA) is 29.5 Å². The molecule has 0 bridgehead atoms. The zero-order valence-electron chi connectivity index (χ0n) is 9.69. The predicted molar refractivity (Wildman–Crippen MR) is 60.2 cm³/mol. The van der Waals surface area contributed by atoms with Crippen LogP contribution in [0.5, 0.6) is 0 Å². The monoisotopic (exact) mass is 209 g/mol. The molecule has 1 amide bonds. The molecule has 84 valence electrons. The van der Waals surface area contributed by atoms with E-state index >= 15 is 0 Å². The number of carbonyl (C=O) groups excluding carboxylic acids is 1. The molecule has 0 spiro atoms. The highest BCUT2D eigenvalue weighted by Crippen LogP contribution is 2.32. The van der Waals surface area contributed by atoms with E-state index in [4.69, 9.17) is 4.74 Å². The number of carbonyl (C=O) groups is 1. The van der Waals surface area contributed by atoms with Crippen LogP contribution in [0.4, 0.5) is 4.79 Å². The molecule has 1 aliphatic rings. The Bertz CT molecular complexity index is 261. The maximum Gasteiger partial charge on any atom is 0.417 e. The smallest absolute Gasteiger partial charge is 0.417 e. The Hall–Kier alpha value is -1.25. The van der Waals surface area contributed by atoms with Crippen molar-refractivity contribution in [2.75, 3.05) is 6.61 Å². The van der Waals surface area contributed by atoms with Crippen LogP contribution in [0.1, 0.15) is 33.6 Å². The van der Waals surface area contributed by atoms with Gasteiger partial charge in [-0.2, -0.15) is 0 Å². The van der Waals surface area contributed by atoms with Crippen molar-refractivity contribution in [3.05, 3.63) is 24.6 Å². The summed E-state index contributed by atoms with van der Waals surface area (Å²) in [5.74, 6) is 0. The predicted octanol–water partition coefficient (Wildman–Crippen LogP) is 3.29. The summed E-state index contributed by atoms with van der Waals surface area (Å²) in [6.07, 6.45) is 9.52. The number of nitrogens with zero attached hydrogens (tertiary/aromatic N) is 1. The van der Waals surface area contributed by atoms with E-state index in [9.17, 15) is 4.79 Å². The second-order valence-electron chi connectivity index (χ2n) is 3.68. The van der Waals surface area contributed by atoms with Gasteiger partial charge in [-0.05, 0) is 19.8 Å². The van der Waals surface area contributed by atoms with Crippen LogP contribution in [0.25, 0.3) is 0 Å². The molecule has 0 aromatic rings. The molecule has 0 atom stereocenters. The second kappa shape index (κ2) is 5.01. The van der Waals surface area contributed by atoms with Gasteiger partial charge in [-0.3, -0.25) is 4.90 Å². The van der Waals surface area contributed by atoms with Crippen LogP contribution in [0.15, 0.2) is 24.6 Å². The Balaban J connectivity index is 2.66. The molecule has 0 saturated carbocycles. The fourth-order valence-electron chi connectivity index (χ4n) is 1.60. The molecule has 1 heterocycles. The fourth-order valence-corrected chi connectivity index (χ4v) is 1.60. The first-order chi connectivity index (χ1) is 7.17. The van der Waals surface area contributed by atoms with E-state index in [1.165, 1.54) is 4.90 Å². The van der Waals surface area contributed by atoms with Crippen molar-refractivity contribution in [2.24, 2.45) is 5.41 Å². The first-order valence-corrected chi connectivity index (χ1v) is 5.51. The zero-order chi connectivity index (χ0) is 11.3. The van der Waals surface area contributed by atoms with Crippen molar-refractivity contribution in [1.29, 1.82) is 0 Å². The van der Waals surface area contributed by atoms with Gasteiger partial charge in [0.15, 0.2) is 0 Å². The standard InChI is InChI=1S/C12H19NO2/c1-4-12(5-2)7-9-13(10-8-12)11(14)15-6-3/h7-10H,4-6H2,1-3H3. The summed E-state index contributed by atoms with van der Waals surface area (Å²) >= 11 is 0. The lowest BCUT2D eigenvalue weighted by molar-refractivity contribution is 0.132. The molecule has 0 aliphatic carbocycles. The third-order valence-electron chi connectivity index (χ3n) is 2.93. The fraction of sp³-hybridized carbons (Fsp3) is 0.583. The lowest BCUT2D eigenvalue weighted by Gasteiger charge is -2.29. The Labute approximate surface area is 91.4 Å². The van der Waals surface area contributed by atoms with Gasteiger partial charge in [-0.1, -0.05) is 26.0 Å². The van der Waals surface area contributed by atoms with Gasteiger partial charge in [-0.15, -0.1) is 0 Å².